The van der Waals surface area contributed by atoms with Crippen molar-refractivity contribution in [3.05, 3.63) is 67.9 Å². The first-order valence-corrected chi connectivity index (χ1v) is 9.38. The third-order valence-corrected chi connectivity index (χ3v) is 4.75. The van der Waals surface area contributed by atoms with Crippen molar-refractivity contribution >= 4 is 23.0 Å². The molecule has 1 unspecified atom stereocenters. The van der Waals surface area contributed by atoms with E-state index in [0.29, 0.717) is 17.9 Å². The Kier molecular flexibility index (Phi) is 5.93. The number of para-hydroxylation sites is 1. The lowest BCUT2D eigenvalue weighted by Crippen LogP contribution is -2.37. The van der Waals surface area contributed by atoms with Gasteiger partial charge in [0.25, 0.3) is 16.8 Å². The van der Waals surface area contributed by atoms with Gasteiger partial charge in [0.05, 0.1) is 17.3 Å². The minimum absolute atomic E-state index is 0.00265. The van der Waals surface area contributed by atoms with E-state index in [0.717, 1.165) is 0 Å². The lowest BCUT2D eigenvalue weighted by atomic mass is 10.1. The van der Waals surface area contributed by atoms with Crippen LogP contribution in [0, 0.1) is 0 Å². The lowest BCUT2D eigenvalue weighted by molar-refractivity contribution is 0.0824. The molecule has 2 aromatic carbocycles. The van der Waals surface area contributed by atoms with Gasteiger partial charge in [0.2, 0.25) is 0 Å². The number of nitrogens with one attached hydrogen (secondary N) is 2. The molecule has 0 aliphatic heterocycles. The van der Waals surface area contributed by atoms with Crippen LogP contribution in [0.25, 0.3) is 0 Å². The highest BCUT2D eigenvalue weighted by Crippen LogP contribution is 2.33. The number of amides is 1. The van der Waals surface area contributed by atoms with E-state index in [9.17, 15) is 19.5 Å². The third-order valence-electron chi connectivity index (χ3n) is 4.75. The van der Waals surface area contributed by atoms with Crippen molar-refractivity contribution in [1.82, 2.24) is 4.90 Å². The van der Waals surface area contributed by atoms with Crippen molar-refractivity contribution in [2.75, 3.05) is 24.7 Å². The Bertz CT molecular complexity index is 1140. The number of rotatable bonds is 8. The van der Waals surface area contributed by atoms with Gasteiger partial charge in [-0.1, -0.05) is 13.0 Å². The molecule has 158 valence electrons. The molecule has 1 atom stereocenters. The molecule has 0 saturated heterocycles. The maximum absolute atomic E-state index is 12.2. The Morgan fingerprint density at radius 3 is 2.43 bits per heavy atom. The molecule has 0 spiro atoms. The van der Waals surface area contributed by atoms with Gasteiger partial charge in [-0.2, -0.15) is 0 Å². The number of furan rings is 1. The topological polar surface area (TPSA) is 132 Å². The molecule has 9 heteroatoms. The number of nitrogens with zero attached hydrogens (tertiary/aromatic N) is 1. The average Bonchev–Trinajstić information content (AvgIpc) is 3.22. The fourth-order valence-electron chi connectivity index (χ4n) is 3.06. The number of aliphatic hydroxyl groups excluding tert-OH is 1. The molecule has 0 aliphatic rings. The molecule has 0 saturated carbocycles. The number of benzene rings is 1. The van der Waals surface area contributed by atoms with Gasteiger partial charge in [-0.25, -0.2) is 0 Å². The van der Waals surface area contributed by atoms with E-state index in [1.807, 2.05) is 6.92 Å². The minimum atomic E-state index is -0.730. The SMILES string of the molecule is CCC(Nc1c(Nc2cccc(C(=O)N(C)C)c2O)c(=O)c1=O)c1ccc(CO)o1. The number of aliphatic hydroxyl groups is 1. The summed E-state index contributed by atoms with van der Waals surface area (Å²) < 4.78 is 5.52. The zero-order valence-corrected chi connectivity index (χ0v) is 16.9. The van der Waals surface area contributed by atoms with Crippen molar-refractivity contribution in [3.63, 3.8) is 0 Å². The number of hydrogen-bond donors (Lipinski definition) is 4. The van der Waals surface area contributed by atoms with Crippen molar-refractivity contribution in [3.8, 4) is 5.75 Å². The monoisotopic (exact) mass is 413 g/mol. The van der Waals surface area contributed by atoms with Crippen LogP contribution in [0.2, 0.25) is 0 Å². The molecule has 0 aliphatic carbocycles. The van der Waals surface area contributed by atoms with Gasteiger partial charge in [0.1, 0.15) is 29.5 Å². The summed E-state index contributed by atoms with van der Waals surface area (Å²) in [5.41, 5.74) is -1.16. The van der Waals surface area contributed by atoms with Gasteiger partial charge in [-0.05, 0) is 30.7 Å². The van der Waals surface area contributed by atoms with Gasteiger partial charge in [-0.3, -0.25) is 14.4 Å². The van der Waals surface area contributed by atoms with E-state index in [1.54, 1.807) is 32.3 Å². The van der Waals surface area contributed by atoms with Crippen molar-refractivity contribution in [2.24, 2.45) is 0 Å². The Morgan fingerprint density at radius 2 is 1.83 bits per heavy atom. The summed E-state index contributed by atoms with van der Waals surface area (Å²) in [7, 11) is 3.12. The summed E-state index contributed by atoms with van der Waals surface area (Å²) in [5, 5.41) is 25.4. The lowest BCUT2D eigenvalue weighted by Gasteiger charge is -2.21. The molecule has 0 bridgehead atoms. The van der Waals surface area contributed by atoms with Crippen molar-refractivity contribution in [1.29, 1.82) is 0 Å². The highest BCUT2D eigenvalue weighted by molar-refractivity contribution is 5.99. The average molecular weight is 413 g/mol. The Balaban J connectivity index is 1.89. The Hall–Kier alpha value is -3.59. The van der Waals surface area contributed by atoms with Gasteiger partial charge >= 0.3 is 0 Å². The summed E-state index contributed by atoms with van der Waals surface area (Å²) in [5.74, 6) is 0.187. The van der Waals surface area contributed by atoms with Crippen LogP contribution in [0.5, 0.6) is 5.75 Å². The molecule has 9 nitrogen and oxygen atoms in total. The minimum Gasteiger partial charge on any atom is -0.505 e. The Morgan fingerprint density at radius 1 is 1.13 bits per heavy atom. The number of phenols is 1. The molecule has 0 fully saturated rings. The van der Waals surface area contributed by atoms with Crippen molar-refractivity contribution in [2.45, 2.75) is 26.0 Å². The fourth-order valence-corrected chi connectivity index (χ4v) is 3.06. The molecule has 0 radical (unpaired) electrons. The smallest absolute Gasteiger partial charge is 0.257 e. The summed E-state index contributed by atoms with van der Waals surface area (Å²) in [6, 6.07) is 7.45. The van der Waals surface area contributed by atoms with Crippen LogP contribution in [0.1, 0.15) is 41.3 Å². The number of hydrogen-bond acceptors (Lipinski definition) is 8. The van der Waals surface area contributed by atoms with Crippen LogP contribution >= 0.6 is 0 Å². The molecular weight excluding hydrogens is 390 g/mol. The van der Waals surface area contributed by atoms with E-state index < -0.39 is 22.8 Å². The van der Waals surface area contributed by atoms with Crippen LogP contribution < -0.4 is 21.5 Å². The normalized spacial score (nSPS) is 12.0. The number of carbonyl (C=O) groups excluding carboxylic acids is 1. The van der Waals surface area contributed by atoms with E-state index in [4.69, 9.17) is 9.52 Å². The fraction of sp³-hybridized carbons (Fsp3) is 0.286. The molecule has 3 rings (SSSR count). The van der Waals surface area contributed by atoms with E-state index in [2.05, 4.69) is 10.6 Å². The summed E-state index contributed by atoms with van der Waals surface area (Å²) >= 11 is 0. The summed E-state index contributed by atoms with van der Waals surface area (Å²) in [4.78, 5) is 37.8. The van der Waals surface area contributed by atoms with Crippen LogP contribution in [-0.4, -0.2) is 35.1 Å². The zero-order chi connectivity index (χ0) is 22.0. The third kappa shape index (κ3) is 3.79. The second-order valence-electron chi connectivity index (χ2n) is 7.00. The molecule has 3 aromatic rings. The van der Waals surface area contributed by atoms with E-state index in [-0.39, 0.29) is 35.0 Å². The molecular formula is C21H23N3O6. The number of carbonyl (C=O) groups is 1. The van der Waals surface area contributed by atoms with Crippen LogP contribution in [0.4, 0.5) is 17.1 Å². The standard InChI is InChI=1S/C21H23N3O6/c1-4-13(15-9-8-11(10-25)30-15)22-16-17(20(28)19(16)27)23-14-7-5-6-12(18(14)26)21(29)24(2)3/h5-9,13,22-23,25-26H,4,10H2,1-3H3. The van der Waals surface area contributed by atoms with Crippen molar-refractivity contribution < 1.29 is 19.4 Å². The first-order valence-electron chi connectivity index (χ1n) is 9.38. The molecule has 1 aromatic heterocycles. The van der Waals surface area contributed by atoms with Gasteiger partial charge in [0.15, 0.2) is 5.75 Å². The van der Waals surface area contributed by atoms with Gasteiger partial charge in [-0.15, -0.1) is 0 Å². The maximum Gasteiger partial charge on any atom is 0.257 e. The first kappa shape index (κ1) is 21.1. The van der Waals surface area contributed by atoms with E-state index in [1.165, 1.54) is 17.0 Å². The molecule has 1 heterocycles. The van der Waals surface area contributed by atoms with Crippen LogP contribution in [0.3, 0.4) is 0 Å². The Labute approximate surface area is 172 Å². The molecule has 4 N–H and O–H groups in total. The maximum atomic E-state index is 12.2. The predicted octanol–water partition coefficient (Wildman–Crippen LogP) is 2.08. The zero-order valence-electron chi connectivity index (χ0n) is 16.9. The first-order chi connectivity index (χ1) is 14.3. The summed E-state index contributed by atoms with van der Waals surface area (Å²) in [6.07, 6.45) is 0.550. The highest BCUT2D eigenvalue weighted by atomic mass is 16.4. The largest absolute Gasteiger partial charge is 0.505 e. The second-order valence-corrected chi connectivity index (χ2v) is 7.00. The predicted molar refractivity (Wildman–Crippen MR) is 112 cm³/mol. The number of aromatic hydroxyl groups is 1. The van der Waals surface area contributed by atoms with Gasteiger partial charge < -0.3 is 30.2 Å². The molecule has 30 heavy (non-hydrogen) atoms. The number of phenolic OH excluding ortho intramolecular Hbond substituents is 1. The van der Waals surface area contributed by atoms with E-state index >= 15 is 0 Å². The quantitative estimate of drug-likeness (QED) is 0.326. The summed E-state index contributed by atoms with van der Waals surface area (Å²) in [6.45, 7) is 1.63. The second kappa shape index (κ2) is 8.42. The van der Waals surface area contributed by atoms with Crippen LogP contribution in [0.15, 0.2) is 44.3 Å². The molecule has 1 amide bonds. The van der Waals surface area contributed by atoms with Gasteiger partial charge in [0, 0.05) is 14.1 Å². The van der Waals surface area contributed by atoms with Crippen LogP contribution in [-0.2, 0) is 6.61 Å². The highest BCUT2D eigenvalue weighted by Gasteiger charge is 2.26. The number of anilines is 3.